The third-order valence-corrected chi connectivity index (χ3v) is 2.26. The van der Waals surface area contributed by atoms with Gasteiger partial charge in [-0.25, -0.2) is 0 Å². The van der Waals surface area contributed by atoms with Gasteiger partial charge < -0.3 is 20.1 Å². The number of carbonyl (C=O) groups is 1. The minimum Gasteiger partial charge on any atom is -0.505 e. The van der Waals surface area contributed by atoms with Crippen molar-refractivity contribution >= 4 is 5.91 Å². The first-order valence-corrected chi connectivity index (χ1v) is 5.75. The molecule has 1 aromatic heterocycles. The summed E-state index contributed by atoms with van der Waals surface area (Å²) in [6, 6.07) is 1.47. The van der Waals surface area contributed by atoms with E-state index in [-0.39, 0.29) is 17.2 Å². The van der Waals surface area contributed by atoms with Crippen LogP contribution in [0.15, 0.2) is 18.5 Å². The Bertz CT molecular complexity index is 383. The summed E-state index contributed by atoms with van der Waals surface area (Å²) in [6.45, 7) is 2.34. The number of hydrogen-bond acceptors (Lipinski definition) is 5. The number of aromatic nitrogens is 1. The Morgan fingerprint density at radius 2 is 2.28 bits per heavy atom. The molecule has 0 unspecified atom stereocenters. The van der Waals surface area contributed by atoms with Crippen molar-refractivity contribution in [3.8, 4) is 5.75 Å². The summed E-state index contributed by atoms with van der Waals surface area (Å²) < 4.78 is 5.33. The van der Waals surface area contributed by atoms with E-state index in [1.807, 2.05) is 19.0 Å². The average molecular weight is 253 g/mol. The van der Waals surface area contributed by atoms with Gasteiger partial charge in [0.05, 0.1) is 25.0 Å². The van der Waals surface area contributed by atoms with Crippen molar-refractivity contribution in [3.63, 3.8) is 0 Å². The summed E-state index contributed by atoms with van der Waals surface area (Å²) in [5.41, 5.74) is 0.221. The van der Waals surface area contributed by atoms with Crippen molar-refractivity contribution in [1.29, 1.82) is 0 Å². The van der Waals surface area contributed by atoms with E-state index in [0.29, 0.717) is 19.8 Å². The van der Waals surface area contributed by atoms with Crippen LogP contribution in [-0.2, 0) is 4.74 Å². The molecule has 1 heterocycles. The molecule has 6 nitrogen and oxygen atoms in total. The van der Waals surface area contributed by atoms with Crippen molar-refractivity contribution in [2.24, 2.45) is 0 Å². The lowest BCUT2D eigenvalue weighted by Gasteiger charge is -2.10. The van der Waals surface area contributed by atoms with E-state index in [2.05, 4.69) is 10.3 Å². The van der Waals surface area contributed by atoms with Gasteiger partial charge >= 0.3 is 0 Å². The van der Waals surface area contributed by atoms with Gasteiger partial charge in [-0.3, -0.25) is 9.78 Å². The van der Waals surface area contributed by atoms with Gasteiger partial charge in [-0.05, 0) is 20.2 Å². The number of nitrogens with zero attached hydrogens (tertiary/aromatic N) is 2. The van der Waals surface area contributed by atoms with Gasteiger partial charge in [0.15, 0.2) is 0 Å². The van der Waals surface area contributed by atoms with Crippen LogP contribution in [0.25, 0.3) is 0 Å². The molecule has 2 N–H and O–H groups in total. The van der Waals surface area contributed by atoms with Gasteiger partial charge in [0, 0.05) is 19.3 Å². The van der Waals surface area contributed by atoms with Gasteiger partial charge in [0.25, 0.3) is 5.91 Å². The van der Waals surface area contributed by atoms with E-state index >= 15 is 0 Å². The molecule has 0 aromatic carbocycles. The Kier molecular flexibility index (Phi) is 6.10. The van der Waals surface area contributed by atoms with E-state index < -0.39 is 0 Å². The third-order valence-electron chi connectivity index (χ3n) is 2.26. The quantitative estimate of drug-likeness (QED) is 0.674. The number of likely N-dealkylation sites (N-methyl/N-ethyl adjacent to an activating group) is 1. The fraction of sp³-hybridized carbons (Fsp3) is 0.500. The first-order chi connectivity index (χ1) is 8.61. The molecular formula is C12H19N3O3. The molecule has 18 heavy (non-hydrogen) atoms. The first kappa shape index (κ1) is 14.4. The van der Waals surface area contributed by atoms with Crippen molar-refractivity contribution in [2.45, 2.75) is 0 Å². The molecule has 0 aliphatic carbocycles. The zero-order valence-electron chi connectivity index (χ0n) is 10.7. The molecular weight excluding hydrogens is 234 g/mol. The second kappa shape index (κ2) is 7.62. The van der Waals surface area contributed by atoms with Crippen LogP contribution in [0.3, 0.4) is 0 Å². The summed E-state index contributed by atoms with van der Waals surface area (Å²) in [5, 5.41) is 12.1. The molecule has 0 aliphatic rings. The van der Waals surface area contributed by atoms with Crippen LogP contribution in [-0.4, -0.2) is 61.3 Å². The number of pyridine rings is 1. The number of nitrogens with one attached hydrogen (secondary N) is 1. The van der Waals surface area contributed by atoms with Crippen LogP contribution in [0.4, 0.5) is 0 Å². The summed E-state index contributed by atoms with van der Waals surface area (Å²) >= 11 is 0. The molecule has 0 bridgehead atoms. The highest BCUT2D eigenvalue weighted by Gasteiger charge is 2.09. The lowest BCUT2D eigenvalue weighted by atomic mass is 10.2. The highest BCUT2D eigenvalue weighted by molar-refractivity contribution is 5.96. The van der Waals surface area contributed by atoms with E-state index in [1.54, 1.807) is 0 Å². The number of amides is 1. The van der Waals surface area contributed by atoms with Gasteiger partial charge in [0.1, 0.15) is 5.75 Å². The summed E-state index contributed by atoms with van der Waals surface area (Å²) in [7, 11) is 3.94. The lowest BCUT2D eigenvalue weighted by molar-refractivity contribution is 0.0897. The number of rotatable bonds is 7. The minimum atomic E-state index is -0.328. The monoisotopic (exact) mass is 253 g/mol. The maximum absolute atomic E-state index is 11.6. The zero-order valence-corrected chi connectivity index (χ0v) is 10.7. The Labute approximate surface area is 107 Å². The van der Waals surface area contributed by atoms with E-state index in [9.17, 15) is 9.90 Å². The molecule has 100 valence electrons. The van der Waals surface area contributed by atoms with Crippen LogP contribution in [0.2, 0.25) is 0 Å². The average Bonchev–Trinajstić information content (AvgIpc) is 2.33. The third kappa shape index (κ3) is 5.11. The van der Waals surface area contributed by atoms with Crippen LogP contribution in [0.5, 0.6) is 5.75 Å². The predicted molar refractivity (Wildman–Crippen MR) is 67.6 cm³/mol. The maximum atomic E-state index is 11.6. The minimum absolute atomic E-state index is 0.122. The summed E-state index contributed by atoms with van der Waals surface area (Å²) in [4.78, 5) is 17.4. The number of carbonyl (C=O) groups excluding carboxylic acids is 1. The SMILES string of the molecule is CN(C)CCOCCNC(=O)c1ccncc1O. The van der Waals surface area contributed by atoms with Crippen molar-refractivity contribution < 1.29 is 14.6 Å². The molecule has 0 spiro atoms. The van der Waals surface area contributed by atoms with E-state index in [1.165, 1.54) is 18.5 Å². The Morgan fingerprint density at radius 1 is 1.50 bits per heavy atom. The molecule has 0 aliphatic heterocycles. The number of ether oxygens (including phenoxy) is 1. The highest BCUT2D eigenvalue weighted by Crippen LogP contribution is 2.12. The topological polar surface area (TPSA) is 74.7 Å². The normalized spacial score (nSPS) is 10.6. The molecule has 6 heteroatoms. The van der Waals surface area contributed by atoms with E-state index in [0.717, 1.165) is 6.54 Å². The number of aromatic hydroxyl groups is 1. The van der Waals surface area contributed by atoms with E-state index in [4.69, 9.17) is 4.74 Å². The van der Waals surface area contributed by atoms with Crippen molar-refractivity contribution in [3.05, 3.63) is 24.0 Å². The molecule has 0 saturated carbocycles. The van der Waals surface area contributed by atoms with Gasteiger partial charge in [-0.15, -0.1) is 0 Å². The molecule has 1 rings (SSSR count). The Hall–Kier alpha value is -1.66. The van der Waals surface area contributed by atoms with Gasteiger partial charge in [0.2, 0.25) is 0 Å². The summed E-state index contributed by atoms with van der Waals surface area (Å²) in [5.74, 6) is -0.449. The van der Waals surface area contributed by atoms with Crippen LogP contribution in [0, 0.1) is 0 Å². The molecule has 0 atom stereocenters. The molecule has 0 fully saturated rings. The molecule has 0 radical (unpaired) electrons. The first-order valence-electron chi connectivity index (χ1n) is 5.75. The second-order valence-electron chi connectivity index (χ2n) is 4.06. The highest BCUT2D eigenvalue weighted by atomic mass is 16.5. The van der Waals surface area contributed by atoms with Gasteiger partial charge in [-0.2, -0.15) is 0 Å². The smallest absolute Gasteiger partial charge is 0.255 e. The molecule has 1 aromatic rings. The van der Waals surface area contributed by atoms with Crippen LogP contribution in [0.1, 0.15) is 10.4 Å². The lowest BCUT2D eigenvalue weighted by Crippen LogP contribution is -2.28. The fourth-order valence-corrected chi connectivity index (χ4v) is 1.26. The standard InChI is InChI=1S/C12H19N3O3/c1-15(2)6-8-18-7-5-14-12(17)10-3-4-13-9-11(10)16/h3-4,9,16H,5-8H2,1-2H3,(H,14,17). The molecule has 0 saturated heterocycles. The maximum Gasteiger partial charge on any atom is 0.255 e. The van der Waals surface area contributed by atoms with Crippen LogP contribution < -0.4 is 5.32 Å². The largest absolute Gasteiger partial charge is 0.505 e. The number of hydrogen-bond donors (Lipinski definition) is 2. The zero-order chi connectivity index (χ0) is 13.4. The van der Waals surface area contributed by atoms with Crippen molar-refractivity contribution in [2.75, 3.05) is 40.4 Å². The second-order valence-corrected chi connectivity index (χ2v) is 4.06. The fourth-order valence-electron chi connectivity index (χ4n) is 1.26. The van der Waals surface area contributed by atoms with Crippen LogP contribution >= 0.6 is 0 Å². The summed E-state index contributed by atoms with van der Waals surface area (Å²) in [6.07, 6.45) is 2.70. The van der Waals surface area contributed by atoms with Crippen molar-refractivity contribution in [1.82, 2.24) is 15.2 Å². The van der Waals surface area contributed by atoms with Gasteiger partial charge in [-0.1, -0.05) is 0 Å². The predicted octanol–water partition coefficient (Wildman–Crippen LogP) is 0.0952. The Balaban J connectivity index is 2.20. The molecule has 1 amide bonds. The Morgan fingerprint density at radius 3 is 2.94 bits per heavy atom.